The Morgan fingerprint density at radius 3 is 2.92 bits per heavy atom. The third kappa shape index (κ3) is 4.09. The van der Waals surface area contributed by atoms with Crippen molar-refractivity contribution in [2.45, 2.75) is 18.8 Å². The first-order valence-corrected chi connectivity index (χ1v) is 9.04. The monoisotopic (exact) mass is 390 g/mol. The van der Waals surface area contributed by atoms with Gasteiger partial charge in [-0.05, 0) is 50.0 Å². The zero-order chi connectivity index (χ0) is 17.1. The summed E-state index contributed by atoms with van der Waals surface area (Å²) in [6.45, 7) is 2.08. The van der Waals surface area contributed by atoms with Crippen LogP contribution in [0.5, 0.6) is 0 Å². The normalized spacial score (nSPS) is 14.6. The number of carbonyl (C=O) groups excluding carboxylic acids is 1. The van der Waals surface area contributed by atoms with Gasteiger partial charge in [0.05, 0.1) is 5.69 Å². The maximum Gasteiger partial charge on any atom is 0.257 e. The number of halogens is 1. The van der Waals surface area contributed by atoms with Gasteiger partial charge in [-0.15, -0.1) is 23.7 Å². The van der Waals surface area contributed by atoms with E-state index in [0.717, 1.165) is 31.6 Å². The van der Waals surface area contributed by atoms with Gasteiger partial charge in [0.25, 0.3) is 5.91 Å². The molecule has 0 saturated carbocycles. The highest BCUT2D eigenvalue weighted by Crippen LogP contribution is 2.31. The predicted octanol–water partition coefficient (Wildman–Crippen LogP) is 2.86. The Hall–Kier alpha value is -2.29. The van der Waals surface area contributed by atoms with Crippen molar-refractivity contribution in [2.75, 3.05) is 18.4 Å². The fraction of sp³-hybridized carbons (Fsp3) is 0.294. The minimum atomic E-state index is -0.173. The van der Waals surface area contributed by atoms with Crippen LogP contribution in [0.15, 0.2) is 43.1 Å². The molecule has 26 heavy (non-hydrogen) atoms. The summed E-state index contributed by atoms with van der Waals surface area (Å²) in [4.78, 5) is 22.1. The number of anilines is 1. The molecule has 7 nitrogen and oxygen atoms in total. The van der Waals surface area contributed by atoms with E-state index in [-0.39, 0.29) is 18.3 Å². The van der Waals surface area contributed by atoms with Crippen LogP contribution in [0.3, 0.4) is 0 Å². The molecule has 1 aliphatic rings. The van der Waals surface area contributed by atoms with E-state index in [1.807, 2.05) is 18.3 Å². The fourth-order valence-electron chi connectivity index (χ4n) is 2.94. The predicted molar refractivity (Wildman–Crippen MR) is 104 cm³/mol. The molecule has 0 radical (unpaired) electrons. The molecular formula is C17H19ClN6OS. The molecule has 2 N–H and O–H groups in total. The number of hydrogen-bond donors (Lipinski definition) is 2. The summed E-state index contributed by atoms with van der Waals surface area (Å²) in [5, 5.41) is 11.0. The number of aromatic nitrogens is 4. The van der Waals surface area contributed by atoms with Crippen molar-refractivity contribution < 1.29 is 4.79 Å². The molecule has 4 rings (SSSR count). The molecule has 1 saturated heterocycles. The lowest BCUT2D eigenvalue weighted by Crippen LogP contribution is -2.26. The van der Waals surface area contributed by atoms with E-state index in [1.54, 1.807) is 34.5 Å². The van der Waals surface area contributed by atoms with Crippen LogP contribution in [0.2, 0.25) is 0 Å². The third-order valence-electron chi connectivity index (χ3n) is 4.28. The summed E-state index contributed by atoms with van der Waals surface area (Å²) in [5.74, 6) is 0.369. The van der Waals surface area contributed by atoms with Crippen LogP contribution < -0.4 is 10.6 Å². The zero-order valence-electron chi connectivity index (χ0n) is 14.0. The van der Waals surface area contributed by atoms with Crippen LogP contribution in [0.4, 0.5) is 5.13 Å². The van der Waals surface area contributed by atoms with Crippen molar-refractivity contribution in [1.82, 2.24) is 25.1 Å². The van der Waals surface area contributed by atoms with Gasteiger partial charge in [-0.2, -0.15) is 5.10 Å². The second kappa shape index (κ2) is 8.39. The van der Waals surface area contributed by atoms with Crippen molar-refractivity contribution in [1.29, 1.82) is 0 Å². The number of nitrogens with one attached hydrogen (secondary N) is 2. The summed E-state index contributed by atoms with van der Waals surface area (Å²) in [6, 6.07) is 7.26. The Bertz CT molecular complexity index is 860. The topological polar surface area (TPSA) is 84.7 Å². The number of carbonyl (C=O) groups is 1. The van der Waals surface area contributed by atoms with Crippen molar-refractivity contribution in [3.05, 3.63) is 53.6 Å². The molecule has 3 aromatic rings. The Morgan fingerprint density at radius 1 is 1.31 bits per heavy atom. The van der Waals surface area contributed by atoms with E-state index in [4.69, 9.17) is 0 Å². The van der Waals surface area contributed by atoms with E-state index in [1.165, 1.54) is 11.2 Å². The molecule has 1 aromatic carbocycles. The van der Waals surface area contributed by atoms with Gasteiger partial charge in [0.1, 0.15) is 12.7 Å². The smallest absolute Gasteiger partial charge is 0.257 e. The number of rotatable bonds is 4. The maximum atomic E-state index is 12.5. The summed E-state index contributed by atoms with van der Waals surface area (Å²) in [7, 11) is 0. The summed E-state index contributed by atoms with van der Waals surface area (Å²) >= 11 is 1.57. The highest BCUT2D eigenvalue weighted by molar-refractivity contribution is 7.15. The number of benzene rings is 1. The Balaban J connectivity index is 0.00000196. The molecule has 1 aliphatic heterocycles. The van der Waals surface area contributed by atoms with Crippen LogP contribution in [0.25, 0.3) is 5.69 Å². The number of piperidine rings is 1. The molecular weight excluding hydrogens is 372 g/mol. The van der Waals surface area contributed by atoms with Gasteiger partial charge in [0, 0.05) is 16.6 Å². The largest absolute Gasteiger partial charge is 0.317 e. The fourth-order valence-corrected chi connectivity index (χ4v) is 3.92. The van der Waals surface area contributed by atoms with Gasteiger partial charge < -0.3 is 5.32 Å². The van der Waals surface area contributed by atoms with Crippen molar-refractivity contribution >= 4 is 34.8 Å². The van der Waals surface area contributed by atoms with Crippen LogP contribution in [0, 0.1) is 0 Å². The summed E-state index contributed by atoms with van der Waals surface area (Å²) in [5.41, 5.74) is 1.35. The number of nitrogens with zero attached hydrogens (tertiary/aromatic N) is 4. The summed E-state index contributed by atoms with van der Waals surface area (Å²) in [6.07, 6.45) is 7.20. The molecule has 1 amide bonds. The van der Waals surface area contributed by atoms with E-state index in [2.05, 4.69) is 25.7 Å². The number of amides is 1. The molecule has 3 heterocycles. The lowest BCUT2D eigenvalue weighted by atomic mass is 9.97. The molecule has 2 aromatic heterocycles. The molecule has 9 heteroatoms. The van der Waals surface area contributed by atoms with Crippen LogP contribution in [-0.4, -0.2) is 38.7 Å². The zero-order valence-corrected chi connectivity index (χ0v) is 15.6. The standard InChI is InChI=1S/C17H18N6OS.ClH/c24-16(13-2-1-3-14(8-13)23-11-19-10-21-23)22-17-20-9-15(25-17)12-4-6-18-7-5-12;/h1-3,8-12,18H,4-7H2,(H,20,22,24);1H. The number of hydrogen-bond acceptors (Lipinski definition) is 6. The average molecular weight is 391 g/mol. The third-order valence-corrected chi connectivity index (χ3v) is 5.35. The van der Waals surface area contributed by atoms with Crippen LogP contribution in [0.1, 0.15) is 34.0 Å². The van der Waals surface area contributed by atoms with E-state index < -0.39 is 0 Å². The minimum Gasteiger partial charge on any atom is -0.317 e. The minimum absolute atomic E-state index is 0. The Kier molecular flexibility index (Phi) is 5.97. The molecule has 136 valence electrons. The van der Waals surface area contributed by atoms with Crippen molar-refractivity contribution in [3.8, 4) is 5.69 Å². The first kappa shape index (κ1) is 18.5. The second-order valence-corrected chi connectivity index (χ2v) is 7.00. The molecule has 0 spiro atoms. The van der Waals surface area contributed by atoms with Gasteiger partial charge in [-0.1, -0.05) is 6.07 Å². The lowest BCUT2D eigenvalue weighted by Gasteiger charge is -2.20. The molecule has 1 fully saturated rings. The SMILES string of the molecule is Cl.O=C(Nc1ncc(C2CCNCC2)s1)c1cccc(-n2cncn2)c1. The van der Waals surface area contributed by atoms with E-state index in [9.17, 15) is 4.79 Å². The van der Waals surface area contributed by atoms with Gasteiger partial charge in [0.15, 0.2) is 5.13 Å². The van der Waals surface area contributed by atoms with Crippen LogP contribution >= 0.6 is 23.7 Å². The van der Waals surface area contributed by atoms with Gasteiger partial charge in [-0.3, -0.25) is 10.1 Å². The van der Waals surface area contributed by atoms with Crippen LogP contribution in [-0.2, 0) is 0 Å². The Morgan fingerprint density at radius 2 is 2.15 bits per heavy atom. The van der Waals surface area contributed by atoms with Gasteiger partial charge in [-0.25, -0.2) is 14.6 Å². The lowest BCUT2D eigenvalue weighted by molar-refractivity contribution is 0.102. The van der Waals surface area contributed by atoms with Crippen molar-refractivity contribution in [2.24, 2.45) is 0 Å². The average Bonchev–Trinajstić information content (AvgIpc) is 3.35. The highest BCUT2D eigenvalue weighted by atomic mass is 35.5. The quantitative estimate of drug-likeness (QED) is 0.715. The van der Waals surface area contributed by atoms with E-state index in [0.29, 0.717) is 16.6 Å². The van der Waals surface area contributed by atoms with E-state index >= 15 is 0 Å². The molecule has 0 atom stereocenters. The van der Waals surface area contributed by atoms with Gasteiger partial charge in [0.2, 0.25) is 0 Å². The molecule has 0 aliphatic carbocycles. The number of thiazole rings is 1. The first-order valence-electron chi connectivity index (χ1n) is 8.22. The molecule has 0 unspecified atom stereocenters. The van der Waals surface area contributed by atoms with Crippen molar-refractivity contribution in [3.63, 3.8) is 0 Å². The summed E-state index contributed by atoms with van der Waals surface area (Å²) < 4.78 is 1.62. The Labute approximate surface area is 161 Å². The molecule has 0 bridgehead atoms. The maximum absolute atomic E-state index is 12.5. The van der Waals surface area contributed by atoms with Gasteiger partial charge >= 0.3 is 0 Å². The first-order chi connectivity index (χ1) is 12.3. The highest BCUT2D eigenvalue weighted by Gasteiger charge is 2.18. The second-order valence-electron chi connectivity index (χ2n) is 5.94.